The molecule has 2 unspecified atom stereocenters. The number of aromatic hydroxyl groups is 1. The molecule has 0 bridgehead atoms. The number of likely N-dealkylation sites (tertiary alicyclic amines) is 1. The summed E-state index contributed by atoms with van der Waals surface area (Å²) in [6, 6.07) is 15.1. The topological polar surface area (TPSA) is 124 Å². The van der Waals surface area contributed by atoms with Gasteiger partial charge in [0, 0.05) is 60.8 Å². The molecule has 0 radical (unpaired) electrons. The zero-order valence-electron chi connectivity index (χ0n) is 26.0. The molecule has 3 aromatic heterocycles. The molecule has 0 aliphatic carbocycles. The summed E-state index contributed by atoms with van der Waals surface area (Å²) in [7, 11) is 4.11. The van der Waals surface area contributed by atoms with Gasteiger partial charge in [-0.15, -0.1) is 0 Å². The highest BCUT2D eigenvalue weighted by atomic mass is 16.3. The van der Waals surface area contributed by atoms with Crippen LogP contribution in [0.5, 0.6) is 5.75 Å². The number of phenols is 1. The Kier molecular flexibility index (Phi) is 7.34. The van der Waals surface area contributed by atoms with Crippen LogP contribution in [-0.4, -0.2) is 85.7 Å². The molecule has 46 heavy (non-hydrogen) atoms. The van der Waals surface area contributed by atoms with Crippen molar-refractivity contribution < 1.29 is 9.90 Å². The molecule has 5 aromatic rings. The largest absolute Gasteiger partial charge is 0.508 e. The Labute approximate surface area is 265 Å². The molecule has 1 N–H and O–H groups in total. The normalized spacial score (nSPS) is 18.5. The Morgan fingerprint density at radius 1 is 1.13 bits per heavy atom. The lowest BCUT2D eigenvalue weighted by Crippen LogP contribution is -2.57. The number of aromatic nitrogens is 4. The smallest absolute Gasteiger partial charge is 0.298 e. The first-order valence-electron chi connectivity index (χ1n) is 15.4. The third kappa shape index (κ3) is 4.81. The Balaban J connectivity index is 1.40. The highest BCUT2D eigenvalue weighted by molar-refractivity contribution is 6.07. The van der Waals surface area contributed by atoms with Gasteiger partial charge in [-0.25, -0.2) is 9.97 Å². The summed E-state index contributed by atoms with van der Waals surface area (Å²) in [4.78, 5) is 43.0. The number of carbonyl (C=O) groups is 1. The summed E-state index contributed by atoms with van der Waals surface area (Å²) in [5.41, 5.74) is 2.12. The van der Waals surface area contributed by atoms with E-state index in [1.54, 1.807) is 34.7 Å². The summed E-state index contributed by atoms with van der Waals surface area (Å²) in [6.07, 6.45) is 4.97. The summed E-state index contributed by atoms with van der Waals surface area (Å²) >= 11 is 0. The van der Waals surface area contributed by atoms with Crippen molar-refractivity contribution in [3.8, 4) is 29.3 Å². The number of rotatable bonds is 5. The van der Waals surface area contributed by atoms with Crippen molar-refractivity contribution in [1.29, 1.82) is 5.26 Å². The highest BCUT2D eigenvalue weighted by Gasteiger charge is 2.35. The van der Waals surface area contributed by atoms with E-state index >= 15 is 0 Å². The maximum absolute atomic E-state index is 14.4. The molecule has 2 aromatic carbocycles. The van der Waals surface area contributed by atoms with Crippen molar-refractivity contribution >= 4 is 44.4 Å². The second kappa shape index (κ2) is 11.5. The van der Waals surface area contributed by atoms with Crippen LogP contribution in [0.3, 0.4) is 0 Å². The predicted molar refractivity (Wildman–Crippen MR) is 177 cm³/mol. The van der Waals surface area contributed by atoms with Crippen LogP contribution in [0, 0.1) is 23.2 Å². The van der Waals surface area contributed by atoms with Gasteiger partial charge in [0.25, 0.3) is 11.5 Å². The molecule has 7 rings (SSSR count). The molecule has 2 aliphatic heterocycles. The van der Waals surface area contributed by atoms with Crippen LogP contribution in [0.2, 0.25) is 0 Å². The van der Waals surface area contributed by atoms with Gasteiger partial charge < -0.3 is 24.4 Å². The van der Waals surface area contributed by atoms with E-state index in [9.17, 15) is 20.0 Å². The lowest BCUT2D eigenvalue weighted by atomic mass is 9.94. The monoisotopic (exact) mass is 614 g/mol. The van der Waals surface area contributed by atoms with Crippen molar-refractivity contribution in [2.24, 2.45) is 0 Å². The number of imidazole rings is 1. The maximum Gasteiger partial charge on any atom is 0.298 e. The molecular weight excluding hydrogens is 580 g/mol. The van der Waals surface area contributed by atoms with Crippen LogP contribution >= 0.6 is 0 Å². The number of fused-ring (bicyclic) bond motifs is 4. The van der Waals surface area contributed by atoms with E-state index < -0.39 is 0 Å². The highest BCUT2D eigenvalue weighted by Crippen LogP contribution is 2.38. The summed E-state index contributed by atoms with van der Waals surface area (Å²) in [5, 5.41) is 22.5. The number of anilines is 1. The van der Waals surface area contributed by atoms with Gasteiger partial charge in [-0.2, -0.15) is 5.26 Å². The van der Waals surface area contributed by atoms with Gasteiger partial charge in [-0.1, -0.05) is 30.2 Å². The molecular formula is C35H34N8O3. The van der Waals surface area contributed by atoms with E-state index in [1.165, 1.54) is 0 Å². The number of likely N-dealkylation sites (N-methyl/N-ethyl adjacent to an activating group) is 1. The van der Waals surface area contributed by atoms with Crippen LogP contribution < -0.4 is 10.5 Å². The maximum atomic E-state index is 14.4. The molecule has 11 nitrogen and oxygen atoms in total. The number of nitrogens with zero attached hydrogens (tertiary/aromatic N) is 8. The lowest BCUT2D eigenvalue weighted by Gasteiger charge is -2.43. The molecule has 0 saturated carbocycles. The Morgan fingerprint density at radius 2 is 1.93 bits per heavy atom. The number of benzene rings is 2. The first-order valence-corrected chi connectivity index (χ1v) is 15.4. The van der Waals surface area contributed by atoms with E-state index in [0.717, 1.165) is 34.9 Å². The molecule has 232 valence electrons. The van der Waals surface area contributed by atoms with Gasteiger partial charge in [-0.05, 0) is 57.3 Å². The second-order valence-corrected chi connectivity index (χ2v) is 12.3. The van der Waals surface area contributed by atoms with Crippen LogP contribution in [0.4, 0.5) is 5.82 Å². The number of phenolic OH excluding ortho intramolecular Hbond substituents is 1. The van der Waals surface area contributed by atoms with Crippen LogP contribution in [0.1, 0.15) is 32.2 Å². The third-order valence-corrected chi connectivity index (χ3v) is 9.42. The zero-order chi connectivity index (χ0) is 32.1. The van der Waals surface area contributed by atoms with Crippen molar-refractivity contribution in [3.05, 3.63) is 65.3 Å². The van der Waals surface area contributed by atoms with Gasteiger partial charge in [-0.3, -0.25) is 14.2 Å². The average Bonchev–Trinajstić information content (AvgIpc) is 3.46. The van der Waals surface area contributed by atoms with Gasteiger partial charge >= 0.3 is 0 Å². The number of piperidine rings is 1. The Bertz CT molecular complexity index is 2180. The van der Waals surface area contributed by atoms with E-state index in [4.69, 9.17) is 9.97 Å². The fourth-order valence-electron chi connectivity index (χ4n) is 6.92. The van der Waals surface area contributed by atoms with Gasteiger partial charge in [0.1, 0.15) is 16.8 Å². The summed E-state index contributed by atoms with van der Waals surface area (Å²) < 4.78 is 3.66. The van der Waals surface area contributed by atoms with Crippen molar-refractivity contribution in [2.75, 3.05) is 38.6 Å². The lowest BCUT2D eigenvalue weighted by molar-refractivity contribution is -0.129. The molecule has 1 amide bonds. The van der Waals surface area contributed by atoms with Crippen molar-refractivity contribution in [3.63, 3.8) is 0 Å². The molecule has 2 saturated heterocycles. The first kappa shape index (κ1) is 29.3. The number of hydrogen-bond acceptors (Lipinski definition) is 8. The van der Waals surface area contributed by atoms with Gasteiger partial charge in [0.15, 0.2) is 5.82 Å². The van der Waals surface area contributed by atoms with Crippen molar-refractivity contribution in [1.82, 2.24) is 28.9 Å². The van der Waals surface area contributed by atoms with Crippen LogP contribution in [-0.2, 0) is 4.79 Å². The SMILES string of the molecule is CC#CC(=O)N1CCC(n2cnc3c(N4CC(N(C)C)C4)nc4c(=O)n(-c5cc(O)cc6ccccc56)ccc4c32)CC1CC#N. The quantitative estimate of drug-likeness (QED) is 0.297. The third-order valence-electron chi connectivity index (χ3n) is 9.42. The van der Waals surface area contributed by atoms with Crippen LogP contribution in [0.15, 0.2) is 59.8 Å². The molecule has 2 fully saturated rings. The summed E-state index contributed by atoms with van der Waals surface area (Å²) in [6.45, 7) is 3.62. The number of carbonyl (C=O) groups excluding carboxylic acids is 1. The average molecular weight is 615 g/mol. The zero-order valence-corrected chi connectivity index (χ0v) is 26.0. The van der Waals surface area contributed by atoms with Crippen molar-refractivity contribution in [2.45, 2.75) is 44.3 Å². The number of pyridine rings is 2. The number of hydrogen-bond donors (Lipinski definition) is 1. The minimum atomic E-state index is -0.297. The number of amides is 1. The summed E-state index contributed by atoms with van der Waals surface area (Å²) in [5.74, 6) is 5.78. The van der Waals surface area contributed by atoms with E-state index in [-0.39, 0.29) is 35.7 Å². The van der Waals surface area contributed by atoms with Gasteiger partial charge in [0.2, 0.25) is 0 Å². The minimum Gasteiger partial charge on any atom is -0.508 e. The first-order chi connectivity index (χ1) is 22.3. The Hall–Kier alpha value is -5.39. The molecule has 2 atom stereocenters. The van der Waals surface area contributed by atoms with E-state index in [1.807, 2.05) is 36.7 Å². The second-order valence-electron chi connectivity index (χ2n) is 12.3. The van der Waals surface area contributed by atoms with E-state index in [0.29, 0.717) is 47.8 Å². The Morgan fingerprint density at radius 3 is 2.70 bits per heavy atom. The van der Waals surface area contributed by atoms with Crippen LogP contribution in [0.25, 0.3) is 38.4 Å². The minimum absolute atomic E-state index is 0.0520. The number of nitriles is 1. The van der Waals surface area contributed by atoms with E-state index in [2.05, 4.69) is 46.4 Å². The standard InChI is InChI=1S/C35H34N8O3/c1-4-7-30(45)41-14-11-24(17-23(41)10-13-36)43-21-37-32-33(43)28-12-15-42(29-18-26(44)16-22-8-5-6-9-27(22)29)35(46)31(28)38-34(32)40-19-25(20-40)39(2)3/h5-6,8-9,12,15-16,18,21,23-25,44H,10-11,14,17,19-20H2,1-3H3. The molecule has 2 aliphatic rings. The molecule has 11 heteroatoms. The fourth-order valence-corrected chi connectivity index (χ4v) is 6.92. The fraction of sp³-hybridized carbons (Fsp3) is 0.343. The predicted octanol–water partition coefficient (Wildman–Crippen LogP) is 3.81. The molecule has 0 spiro atoms. The molecule has 5 heterocycles. The van der Waals surface area contributed by atoms with Gasteiger partial charge in [0.05, 0.1) is 30.0 Å².